The minimum Gasteiger partial charge on any atom is -0.409 e. The van der Waals surface area contributed by atoms with Crippen LogP contribution >= 0.6 is 11.3 Å². The first kappa shape index (κ1) is 13.8. The molecule has 1 heterocycles. The van der Waals surface area contributed by atoms with Crippen molar-refractivity contribution in [3.05, 3.63) is 16.6 Å². The summed E-state index contributed by atoms with van der Waals surface area (Å²) in [5.74, 6) is 0.459. The van der Waals surface area contributed by atoms with Crippen molar-refractivity contribution < 1.29 is 10.0 Å². The van der Waals surface area contributed by atoms with Crippen molar-refractivity contribution in [1.29, 1.82) is 0 Å². The molecule has 1 aromatic heterocycles. The van der Waals surface area contributed by atoms with Gasteiger partial charge >= 0.3 is 0 Å². The Balaban J connectivity index is 2.17. The maximum absolute atomic E-state index is 12.1. The van der Waals surface area contributed by atoms with Gasteiger partial charge in [0.05, 0.1) is 11.7 Å². The second-order valence-electron chi connectivity index (χ2n) is 5.07. The van der Waals surface area contributed by atoms with Crippen molar-refractivity contribution in [2.45, 2.75) is 38.1 Å². The fourth-order valence-corrected chi connectivity index (χ4v) is 2.92. The highest BCUT2D eigenvalue weighted by Gasteiger charge is 2.40. The lowest BCUT2D eigenvalue weighted by Gasteiger charge is -2.38. The van der Waals surface area contributed by atoms with Crippen LogP contribution < -0.4 is 11.1 Å². The summed E-state index contributed by atoms with van der Waals surface area (Å²) < 4.78 is 0. The monoisotopic (exact) mass is 282 g/mol. The zero-order valence-electron chi connectivity index (χ0n) is 10.8. The van der Waals surface area contributed by atoms with Crippen molar-refractivity contribution in [2.24, 2.45) is 16.8 Å². The van der Waals surface area contributed by atoms with Crippen LogP contribution in [0.1, 0.15) is 42.3 Å². The molecule has 1 saturated carbocycles. The second kappa shape index (κ2) is 5.56. The number of amides is 1. The largest absolute Gasteiger partial charge is 0.409 e. The molecule has 2 rings (SSSR count). The first-order valence-corrected chi connectivity index (χ1v) is 7.14. The predicted octanol–water partition coefficient (Wildman–Crippen LogP) is 1.57. The Kier molecular flexibility index (Phi) is 4.04. The van der Waals surface area contributed by atoms with E-state index in [9.17, 15) is 4.79 Å². The number of thiazole rings is 1. The van der Waals surface area contributed by atoms with Crippen LogP contribution in [-0.4, -0.2) is 27.5 Å². The molecule has 104 valence electrons. The molecule has 0 saturated heterocycles. The van der Waals surface area contributed by atoms with E-state index >= 15 is 0 Å². The van der Waals surface area contributed by atoms with Crippen LogP contribution in [0.2, 0.25) is 0 Å². The summed E-state index contributed by atoms with van der Waals surface area (Å²) in [6.07, 6.45) is 4.78. The summed E-state index contributed by atoms with van der Waals surface area (Å²) in [5.41, 5.74) is 6.67. The molecule has 1 aromatic rings. The molecule has 0 atom stereocenters. The maximum atomic E-state index is 12.1. The lowest BCUT2D eigenvalue weighted by molar-refractivity contribution is 0.0901. The van der Waals surface area contributed by atoms with E-state index in [0.717, 1.165) is 12.8 Å². The number of carbonyl (C=O) groups is 1. The Morgan fingerprint density at radius 3 is 2.84 bits per heavy atom. The first-order valence-electron chi connectivity index (χ1n) is 6.26. The van der Waals surface area contributed by atoms with Crippen LogP contribution in [0.3, 0.4) is 0 Å². The van der Waals surface area contributed by atoms with E-state index in [0.29, 0.717) is 23.6 Å². The summed E-state index contributed by atoms with van der Waals surface area (Å²) in [7, 11) is 0. The van der Waals surface area contributed by atoms with Crippen molar-refractivity contribution in [3.8, 4) is 0 Å². The van der Waals surface area contributed by atoms with Gasteiger partial charge in [-0.25, -0.2) is 0 Å². The highest BCUT2D eigenvalue weighted by atomic mass is 32.1. The molecular weight excluding hydrogens is 264 g/mol. The van der Waals surface area contributed by atoms with E-state index in [1.165, 1.54) is 17.5 Å². The molecule has 19 heavy (non-hydrogen) atoms. The SMILES string of the molecule is CC1CCC(NC(=O)c2cncs2)(C(N)=NO)CC1. The molecule has 4 N–H and O–H groups in total. The number of aromatic nitrogens is 1. The van der Waals surface area contributed by atoms with Crippen LogP contribution in [-0.2, 0) is 0 Å². The summed E-state index contributed by atoms with van der Waals surface area (Å²) >= 11 is 1.27. The average molecular weight is 282 g/mol. The van der Waals surface area contributed by atoms with Crippen LogP contribution in [0, 0.1) is 5.92 Å². The molecule has 1 aliphatic carbocycles. The molecule has 7 heteroatoms. The molecule has 1 fully saturated rings. The van der Waals surface area contributed by atoms with Gasteiger partial charge in [0.25, 0.3) is 5.91 Å². The number of nitrogens with one attached hydrogen (secondary N) is 1. The molecule has 1 aliphatic rings. The molecule has 0 radical (unpaired) electrons. The lowest BCUT2D eigenvalue weighted by Crippen LogP contribution is -2.59. The molecule has 0 bridgehead atoms. The van der Waals surface area contributed by atoms with Gasteiger partial charge in [-0.1, -0.05) is 12.1 Å². The number of nitrogens with two attached hydrogens (primary N) is 1. The van der Waals surface area contributed by atoms with Crippen molar-refractivity contribution in [1.82, 2.24) is 10.3 Å². The molecule has 0 unspecified atom stereocenters. The van der Waals surface area contributed by atoms with Gasteiger partial charge in [-0.05, 0) is 31.6 Å². The fourth-order valence-electron chi connectivity index (χ4n) is 2.40. The van der Waals surface area contributed by atoms with E-state index in [2.05, 4.69) is 22.4 Å². The third kappa shape index (κ3) is 2.86. The smallest absolute Gasteiger partial charge is 0.263 e. The quantitative estimate of drug-likeness (QED) is 0.339. The van der Waals surface area contributed by atoms with Gasteiger partial charge < -0.3 is 16.3 Å². The summed E-state index contributed by atoms with van der Waals surface area (Å²) in [4.78, 5) is 16.6. The lowest BCUT2D eigenvalue weighted by atomic mass is 9.76. The normalized spacial score (nSPS) is 28.1. The number of hydrogen-bond acceptors (Lipinski definition) is 5. The van der Waals surface area contributed by atoms with Crippen LogP contribution in [0.25, 0.3) is 0 Å². The molecule has 0 aromatic carbocycles. The Morgan fingerprint density at radius 1 is 1.63 bits per heavy atom. The highest BCUT2D eigenvalue weighted by molar-refractivity contribution is 7.11. The number of oxime groups is 1. The molecule has 0 aliphatic heterocycles. The number of rotatable bonds is 3. The minimum atomic E-state index is -0.734. The van der Waals surface area contributed by atoms with Crippen molar-refractivity contribution in [2.75, 3.05) is 0 Å². The number of nitrogens with zero attached hydrogens (tertiary/aromatic N) is 2. The van der Waals surface area contributed by atoms with E-state index in [4.69, 9.17) is 10.9 Å². The van der Waals surface area contributed by atoms with Gasteiger partial charge in [-0.2, -0.15) is 0 Å². The Labute approximate surface area is 115 Å². The number of carbonyl (C=O) groups excluding carboxylic acids is 1. The van der Waals surface area contributed by atoms with E-state index in [1.807, 2.05) is 0 Å². The van der Waals surface area contributed by atoms with Gasteiger partial charge in [0.15, 0.2) is 5.84 Å². The number of amidine groups is 1. The molecule has 6 nitrogen and oxygen atoms in total. The van der Waals surface area contributed by atoms with Gasteiger partial charge in [-0.3, -0.25) is 9.78 Å². The first-order chi connectivity index (χ1) is 9.07. The Hall–Kier alpha value is -1.63. The van der Waals surface area contributed by atoms with E-state index < -0.39 is 5.54 Å². The third-order valence-corrected chi connectivity index (χ3v) is 4.51. The third-order valence-electron chi connectivity index (χ3n) is 3.73. The van der Waals surface area contributed by atoms with Gasteiger partial charge in [0.2, 0.25) is 0 Å². The molecule has 0 spiro atoms. The van der Waals surface area contributed by atoms with Gasteiger partial charge in [-0.15, -0.1) is 11.3 Å². The second-order valence-corrected chi connectivity index (χ2v) is 5.96. The predicted molar refractivity (Wildman–Crippen MR) is 73.4 cm³/mol. The fraction of sp³-hybridized carbons (Fsp3) is 0.583. The van der Waals surface area contributed by atoms with Crippen LogP contribution in [0.5, 0.6) is 0 Å². The molecular formula is C12H18N4O2S. The summed E-state index contributed by atoms with van der Waals surface area (Å²) in [6, 6.07) is 0. The van der Waals surface area contributed by atoms with E-state index in [1.54, 1.807) is 5.51 Å². The average Bonchev–Trinajstić information content (AvgIpc) is 2.95. The zero-order chi connectivity index (χ0) is 13.9. The Morgan fingerprint density at radius 2 is 2.32 bits per heavy atom. The highest BCUT2D eigenvalue weighted by Crippen LogP contribution is 2.32. The summed E-state index contributed by atoms with van der Waals surface area (Å²) in [6.45, 7) is 2.17. The van der Waals surface area contributed by atoms with Crippen LogP contribution in [0.15, 0.2) is 16.9 Å². The van der Waals surface area contributed by atoms with E-state index in [-0.39, 0.29) is 11.7 Å². The van der Waals surface area contributed by atoms with Crippen molar-refractivity contribution >= 4 is 23.1 Å². The number of hydrogen-bond donors (Lipinski definition) is 3. The van der Waals surface area contributed by atoms with Crippen LogP contribution in [0.4, 0.5) is 0 Å². The summed E-state index contributed by atoms with van der Waals surface area (Å²) in [5, 5.41) is 15.0. The van der Waals surface area contributed by atoms with Gasteiger partial charge in [0, 0.05) is 0 Å². The Bertz CT molecular complexity index is 464. The van der Waals surface area contributed by atoms with Gasteiger partial charge in [0.1, 0.15) is 10.4 Å². The minimum absolute atomic E-state index is 0.0808. The van der Waals surface area contributed by atoms with Crippen molar-refractivity contribution in [3.63, 3.8) is 0 Å². The standard InChI is InChI=1S/C12H18N4O2S/c1-8-2-4-12(5-3-8,11(13)16-18)15-10(17)9-6-14-7-19-9/h6-8,18H,2-5H2,1H3,(H2,13,16)(H,15,17). The molecule has 1 amide bonds. The maximum Gasteiger partial charge on any atom is 0.263 e. The topological polar surface area (TPSA) is 101 Å². The zero-order valence-corrected chi connectivity index (χ0v) is 11.6.